The van der Waals surface area contributed by atoms with Crippen LogP contribution in [0.5, 0.6) is 11.5 Å². The third kappa shape index (κ3) is 3.15. The van der Waals surface area contributed by atoms with Crippen LogP contribution in [-0.4, -0.2) is 25.3 Å². The molecule has 4 nitrogen and oxygen atoms in total. The van der Waals surface area contributed by atoms with E-state index in [0.29, 0.717) is 5.75 Å². The zero-order valence-electron chi connectivity index (χ0n) is 11.3. The molecular formula is C14H20O4. The van der Waals surface area contributed by atoms with Gasteiger partial charge in [-0.05, 0) is 30.9 Å². The minimum Gasteiger partial charge on any atom is -0.497 e. The number of hydrogen-bond donors (Lipinski definition) is 1. The molecule has 1 rings (SSSR count). The van der Waals surface area contributed by atoms with Gasteiger partial charge in [0.1, 0.15) is 11.5 Å². The summed E-state index contributed by atoms with van der Waals surface area (Å²) in [5.41, 5.74) is 1.96. The van der Waals surface area contributed by atoms with E-state index in [9.17, 15) is 4.79 Å². The van der Waals surface area contributed by atoms with E-state index in [-0.39, 0.29) is 12.3 Å². The Bertz CT molecular complexity index is 426. The molecule has 1 aromatic rings. The molecular weight excluding hydrogens is 232 g/mol. The van der Waals surface area contributed by atoms with Crippen LogP contribution < -0.4 is 9.47 Å². The van der Waals surface area contributed by atoms with Crippen molar-refractivity contribution >= 4 is 5.97 Å². The summed E-state index contributed by atoms with van der Waals surface area (Å²) in [6.45, 7) is 3.93. The van der Waals surface area contributed by atoms with E-state index in [2.05, 4.69) is 0 Å². The van der Waals surface area contributed by atoms with Crippen molar-refractivity contribution in [2.45, 2.75) is 32.6 Å². The van der Waals surface area contributed by atoms with E-state index in [1.165, 1.54) is 0 Å². The molecule has 1 unspecified atom stereocenters. The van der Waals surface area contributed by atoms with Crippen LogP contribution in [0, 0.1) is 6.92 Å². The van der Waals surface area contributed by atoms with Gasteiger partial charge in [-0.1, -0.05) is 6.92 Å². The van der Waals surface area contributed by atoms with E-state index in [1.807, 2.05) is 19.9 Å². The summed E-state index contributed by atoms with van der Waals surface area (Å²) in [7, 11) is 3.19. The first kappa shape index (κ1) is 14.4. The van der Waals surface area contributed by atoms with Gasteiger partial charge in [0.25, 0.3) is 0 Å². The highest BCUT2D eigenvalue weighted by Crippen LogP contribution is 2.37. The maximum atomic E-state index is 10.9. The summed E-state index contributed by atoms with van der Waals surface area (Å²) in [4.78, 5) is 10.9. The fourth-order valence-electron chi connectivity index (χ4n) is 2.21. The SMILES string of the molecule is CCC(CC(=O)O)c1c(C)cc(OC)cc1OC. The summed E-state index contributed by atoms with van der Waals surface area (Å²) in [6, 6.07) is 3.70. The predicted octanol–water partition coefficient (Wildman–Crippen LogP) is 2.98. The van der Waals surface area contributed by atoms with Gasteiger partial charge in [0.2, 0.25) is 0 Å². The number of benzene rings is 1. The van der Waals surface area contributed by atoms with Gasteiger partial charge in [-0.2, -0.15) is 0 Å². The van der Waals surface area contributed by atoms with Gasteiger partial charge in [0.15, 0.2) is 0 Å². The third-order valence-electron chi connectivity index (χ3n) is 3.10. The lowest BCUT2D eigenvalue weighted by Crippen LogP contribution is -2.09. The second kappa shape index (κ2) is 6.28. The van der Waals surface area contributed by atoms with Gasteiger partial charge >= 0.3 is 5.97 Å². The molecule has 0 fully saturated rings. The van der Waals surface area contributed by atoms with E-state index in [0.717, 1.165) is 23.3 Å². The molecule has 0 aliphatic rings. The highest BCUT2D eigenvalue weighted by molar-refractivity contribution is 5.68. The van der Waals surface area contributed by atoms with Crippen molar-refractivity contribution in [1.29, 1.82) is 0 Å². The van der Waals surface area contributed by atoms with E-state index in [4.69, 9.17) is 14.6 Å². The Morgan fingerprint density at radius 3 is 2.44 bits per heavy atom. The summed E-state index contributed by atoms with van der Waals surface area (Å²) in [5.74, 6) is 0.584. The minimum atomic E-state index is -0.792. The fraction of sp³-hybridized carbons (Fsp3) is 0.500. The maximum absolute atomic E-state index is 10.9. The molecule has 0 spiro atoms. The van der Waals surface area contributed by atoms with Crippen molar-refractivity contribution in [3.05, 3.63) is 23.3 Å². The van der Waals surface area contributed by atoms with Crippen LogP contribution in [-0.2, 0) is 4.79 Å². The van der Waals surface area contributed by atoms with Crippen molar-refractivity contribution in [2.75, 3.05) is 14.2 Å². The van der Waals surface area contributed by atoms with Crippen LogP contribution in [0.1, 0.15) is 36.8 Å². The van der Waals surface area contributed by atoms with Crippen molar-refractivity contribution in [2.24, 2.45) is 0 Å². The van der Waals surface area contributed by atoms with Gasteiger partial charge in [-0.3, -0.25) is 4.79 Å². The van der Waals surface area contributed by atoms with E-state index < -0.39 is 5.97 Å². The van der Waals surface area contributed by atoms with Crippen molar-refractivity contribution in [3.8, 4) is 11.5 Å². The summed E-state index contributed by atoms with van der Waals surface area (Å²) in [5, 5.41) is 8.97. The Balaban J connectivity index is 3.23. The van der Waals surface area contributed by atoms with Gasteiger partial charge in [0.05, 0.1) is 20.6 Å². The first-order valence-corrected chi connectivity index (χ1v) is 5.97. The number of ether oxygens (including phenoxy) is 2. The van der Waals surface area contributed by atoms with Gasteiger partial charge in [-0.15, -0.1) is 0 Å². The molecule has 0 saturated heterocycles. The Kier molecular flexibility index (Phi) is 5.01. The normalized spacial score (nSPS) is 12.0. The molecule has 1 N–H and O–H groups in total. The van der Waals surface area contributed by atoms with Crippen LogP contribution in [0.15, 0.2) is 12.1 Å². The van der Waals surface area contributed by atoms with Gasteiger partial charge < -0.3 is 14.6 Å². The summed E-state index contributed by atoms with van der Waals surface area (Å²) >= 11 is 0. The molecule has 1 aromatic carbocycles. The first-order chi connectivity index (χ1) is 8.53. The zero-order chi connectivity index (χ0) is 13.7. The van der Waals surface area contributed by atoms with Gasteiger partial charge in [-0.25, -0.2) is 0 Å². The van der Waals surface area contributed by atoms with Crippen LogP contribution in [0.2, 0.25) is 0 Å². The molecule has 0 saturated carbocycles. The zero-order valence-corrected chi connectivity index (χ0v) is 11.3. The molecule has 0 amide bonds. The maximum Gasteiger partial charge on any atom is 0.303 e. The number of carbonyl (C=O) groups is 1. The smallest absolute Gasteiger partial charge is 0.303 e. The highest BCUT2D eigenvalue weighted by atomic mass is 16.5. The Labute approximate surface area is 108 Å². The monoisotopic (exact) mass is 252 g/mol. The Morgan fingerprint density at radius 1 is 1.33 bits per heavy atom. The number of carboxylic acids is 1. The largest absolute Gasteiger partial charge is 0.497 e. The number of rotatable bonds is 6. The molecule has 1 atom stereocenters. The quantitative estimate of drug-likeness (QED) is 0.845. The van der Waals surface area contributed by atoms with E-state index >= 15 is 0 Å². The second-order valence-electron chi connectivity index (χ2n) is 4.26. The van der Waals surface area contributed by atoms with E-state index in [1.54, 1.807) is 20.3 Å². The summed E-state index contributed by atoms with van der Waals surface area (Å²) in [6.07, 6.45) is 0.871. The number of aryl methyl sites for hydroxylation is 1. The van der Waals surface area contributed by atoms with Crippen molar-refractivity contribution < 1.29 is 19.4 Å². The molecule has 0 radical (unpaired) electrons. The highest BCUT2D eigenvalue weighted by Gasteiger charge is 2.20. The molecule has 0 aliphatic carbocycles. The molecule has 18 heavy (non-hydrogen) atoms. The Hall–Kier alpha value is -1.71. The average molecular weight is 252 g/mol. The second-order valence-corrected chi connectivity index (χ2v) is 4.26. The molecule has 100 valence electrons. The average Bonchev–Trinajstić information content (AvgIpc) is 2.35. The van der Waals surface area contributed by atoms with Crippen LogP contribution >= 0.6 is 0 Å². The lowest BCUT2D eigenvalue weighted by Gasteiger charge is -2.20. The van der Waals surface area contributed by atoms with Gasteiger partial charge in [0, 0.05) is 11.6 Å². The van der Waals surface area contributed by atoms with Crippen molar-refractivity contribution in [3.63, 3.8) is 0 Å². The summed E-state index contributed by atoms with van der Waals surface area (Å²) < 4.78 is 10.6. The number of methoxy groups -OCH3 is 2. The fourth-order valence-corrected chi connectivity index (χ4v) is 2.21. The third-order valence-corrected chi connectivity index (χ3v) is 3.10. The number of carboxylic acid groups (broad SMARTS) is 1. The molecule has 4 heteroatoms. The number of hydrogen-bond acceptors (Lipinski definition) is 3. The predicted molar refractivity (Wildman–Crippen MR) is 69.6 cm³/mol. The molecule has 0 aliphatic heterocycles. The van der Waals surface area contributed by atoms with Crippen LogP contribution in [0.3, 0.4) is 0 Å². The lowest BCUT2D eigenvalue weighted by atomic mass is 9.89. The molecule has 0 heterocycles. The van der Waals surface area contributed by atoms with Crippen molar-refractivity contribution in [1.82, 2.24) is 0 Å². The van der Waals surface area contributed by atoms with Crippen LogP contribution in [0.4, 0.5) is 0 Å². The number of aliphatic carboxylic acids is 1. The first-order valence-electron chi connectivity index (χ1n) is 5.97. The Morgan fingerprint density at radius 2 is 2.00 bits per heavy atom. The molecule has 0 aromatic heterocycles. The topological polar surface area (TPSA) is 55.8 Å². The molecule has 0 bridgehead atoms. The standard InChI is InChI=1S/C14H20O4/c1-5-10(7-13(15)16)14-9(2)6-11(17-3)8-12(14)18-4/h6,8,10H,5,7H2,1-4H3,(H,15,16). The van der Waals surface area contributed by atoms with Crippen LogP contribution in [0.25, 0.3) is 0 Å². The lowest BCUT2D eigenvalue weighted by molar-refractivity contribution is -0.137. The minimum absolute atomic E-state index is 0.0386.